The van der Waals surface area contributed by atoms with Crippen LogP contribution in [0.3, 0.4) is 0 Å². The molecule has 0 saturated heterocycles. The zero-order valence-corrected chi connectivity index (χ0v) is 10.9. The molecule has 0 bridgehead atoms. The van der Waals surface area contributed by atoms with Crippen LogP contribution in [-0.4, -0.2) is 33.9 Å². The Morgan fingerprint density at radius 2 is 2.24 bits per heavy atom. The van der Waals surface area contributed by atoms with E-state index in [0.29, 0.717) is 6.54 Å². The number of nitrogens with zero attached hydrogens (tertiary/aromatic N) is 2. The van der Waals surface area contributed by atoms with Crippen molar-refractivity contribution in [2.45, 2.75) is 45.9 Å². The summed E-state index contributed by atoms with van der Waals surface area (Å²) in [6.07, 6.45) is 3.59. The van der Waals surface area contributed by atoms with Gasteiger partial charge in [0.15, 0.2) is 0 Å². The Hall–Kier alpha value is -1.36. The lowest BCUT2D eigenvalue weighted by atomic mass is 10.2. The van der Waals surface area contributed by atoms with Gasteiger partial charge in [-0.05, 0) is 33.8 Å². The van der Waals surface area contributed by atoms with Gasteiger partial charge in [0.2, 0.25) is 5.91 Å². The fourth-order valence-corrected chi connectivity index (χ4v) is 1.33. The fourth-order valence-electron chi connectivity index (χ4n) is 1.33. The molecule has 0 aliphatic heterocycles. The minimum absolute atomic E-state index is 0.0333. The highest BCUT2D eigenvalue weighted by molar-refractivity contribution is 5.77. The number of ether oxygens (including phenoxy) is 1. The number of amides is 1. The highest BCUT2D eigenvalue weighted by Gasteiger charge is 2.14. The number of hydrogen-bond acceptors (Lipinski definition) is 3. The second-order valence-electron chi connectivity index (χ2n) is 5.10. The topological polar surface area (TPSA) is 56.2 Å². The van der Waals surface area contributed by atoms with Gasteiger partial charge < -0.3 is 10.1 Å². The normalized spacial score (nSPS) is 13.4. The van der Waals surface area contributed by atoms with E-state index in [1.807, 2.05) is 40.0 Å². The molecule has 0 aromatic carbocycles. The highest BCUT2D eigenvalue weighted by atomic mass is 16.5. The molecule has 0 aliphatic carbocycles. The van der Waals surface area contributed by atoms with Crippen LogP contribution in [0.25, 0.3) is 0 Å². The Labute approximate surface area is 102 Å². The van der Waals surface area contributed by atoms with Crippen LogP contribution in [0, 0.1) is 0 Å². The van der Waals surface area contributed by atoms with Crippen LogP contribution in [-0.2, 0) is 16.1 Å². The number of hydrogen-bond donors (Lipinski definition) is 1. The zero-order chi connectivity index (χ0) is 12.9. The van der Waals surface area contributed by atoms with Crippen molar-refractivity contribution >= 4 is 5.91 Å². The molecule has 1 amide bonds. The molecule has 5 nitrogen and oxygen atoms in total. The lowest BCUT2D eigenvalue weighted by Gasteiger charge is -2.20. The molecule has 0 fully saturated rings. The van der Waals surface area contributed by atoms with E-state index in [1.54, 1.807) is 10.9 Å². The van der Waals surface area contributed by atoms with Gasteiger partial charge in [0, 0.05) is 18.4 Å². The van der Waals surface area contributed by atoms with Crippen molar-refractivity contribution < 1.29 is 9.53 Å². The van der Waals surface area contributed by atoms with Crippen molar-refractivity contribution in [3.63, 3.8) is 0 Å². The van der Waals surface area contributed by atoms with Crippen molar-refractivity contribution in [2.24, 2.45) is 0 Å². The molecule has 96 valence electrons. The second kappa shape index (κ2) is 5.82. The molecule has 1 heterocycles. The summed E-state index contributed by atoms with van der Waals surface area (Å²) in [5.41, 5.74) is -0.289. The summed E-state index contributed by atoms with van der Waals surface area (Å²) in [4.78, 5) is 11.6. The smallest absolute Gasteiger partial charge is 0.246 e. The van der Waals surface area contributed by atoms with Crippen molar-refractivity contribution in [3.8, 4) is 0 Å². The number of carbonyl (C=O) groups is 1. The Balaban J connectivity index is 2.26. The Morgan fingerprint density at radius 3 is 2.76 bits per heavy atom. The molecule has 1 aromatic rings. The number of carbonyl (C=O) groups excluding carboxylic acids is 1. The van der Waals surface area contributed by atoms with Crippen molar-refractivity contribution in [1.82, 2.24) is 15.1 Å². The maximum atomic E-state index is 11.6. The lowest BCUT2D eigenvalue weighted by Crippen LogP contribution is -2.39. The Kier molecular flexibility index (Phi) is 4.69. The van der Waals surface area contributed by atoms with Gasteiger partial charge in [-0.25, -0.2) is 0 Å². The molecule has 1 unspecified atom stereocenters. The van der Waals surface area contributed by atoms with Gasteiger partial charge in [0.25, 0.3) is 0 Å². The van der Waals surface area contributed by atoms with E-state index in [2.05, 4.69) is 10.4 Å². The van der Waals surface area contributed by atoms with Crippen LogP contribution in [0.5, 0.6) is 0 Å². The Morgan fingerprint density at radius 1 is 1.53 bits per heavy atom. The number of nitrogens with one attached hydrogen (secondary N) is 1. The van der Waals surface area contributed by atoms with E-state index < -0.39 is 0 Å². The summed E-state index contributed by atoms with van der Waals surface area (Å²) >= 11 is 0. The molecule has 0 spiro atoms. The quantitative estimate of drug-likeness (QED) is 0.840. The lowest BCUT2D eigenvalue weighted by molar-refractivity contribution is -0.131. The first-order chi connectivity index (χ1) is 7.87. The van der Waals surface area contributed by atoms with E-state index in [-0.39, 0.29) is 24.2 Å². The standard InChI is InChI=1S/C12H21N3O2/c1-10(8-15-7-5-6-13-15)14-11(16)9-17-12(2,3)4/h5-7,10H,8-9H2,1-4H3,(H,14,16). The minimum Gasteiger partial charge on any atom is -0.366 e. The van der Waals surface area contributed by atoms with E-state index >= 15 is 0 Å². The molecule has 1 aromatic heterocycles. The largest absolute Gasteiger partial charge is 0.366 e. The van der Waals surface area contributed by atoms with Gasteiger partial charge in [0.1, 0.15) is 6.61 Å². The second-order valence-corrected chi connectivity index (χ2v) is 5.10. The third-order valence-corrected chi connectivity index (χ3v) is 2.06. The molecule has 1 rings (SSSR count). The molecule has 0 aliphatic rings. The van der Waals surface area contributed by atoms with Crippen LogP contribution >= 0.6 is 0 Å². The SMILES string of the molecule is CC(Cn1cccn1)NC(=O)COC(C)(C)C. The fraction of sp³-hybridized carbons (Fsp3) is 0.667. The zero-order valence-electron chi connectivity index (χ0n) is 10.9. The van der Waals surface area contributed by atoms with Gasteiger partial charge in [-0.1, -0.05) is 0 Å². The molecule has 0 saturated carbocycles. The van der Waals surface area contributed by atoms with Crippen molar-refractivity contribution in [1.29, 1.82) is 0 Å². The van der Waals surface area contributed by atoms with E-state index in [4.69, 9.17) is 4.74 Å². The monoisotopic (exact) mass is 239 g/mol. The third kappa shape index (κ3) is 6.06. The maximum absolute atomic E-state index is 11.6. The van der Waals surface area contributed by atoms with Crippen LogP contribution in [0.15, 0.2) is 18.5 Å². The minimum atomic E-state index is -0.289. The molecular formula is C12H21N3O2. The predicted octanol–water partition coefficient (Wildman–Crippen LogP) is 1.20. The first-order valence-electron chi connectivity index (χ1n) is 5.77. The summed E-state index contributed by atoms with van der Waals surface area (Å²) in [6, 6.07) is 1.89. The van der Waals surface area contributed by atoms with E-state index in [0.717, 1.165) is 0 Å². The number of aromatic nitrogens is 2. The van der Waals surface area contributed by atoms with Crippen LogP contribution in [0.4, 0.5) is 0 Å². The average Bonchev–Trinajstić information content (AvgIpc) is 2.66. The van der Waals surface area contributed by atoms with Gasteiger partial charge >= 0.3 is 0 Å². The van der Waals surface area contributed by atoms with Gasteiger partial charge in [0.05, 0.1) is 12.1 Å². The summed E-state index contributed by atoms with van der Waals surface area (Å²) in [5.74, 6) is -0.0976. The van der Waals surface area contributed by atoms with Gasteiger partial charge in [-0.15, -0.1) is 0 Å². The third-order valence-electron chi connectivity index (χ3n) is 2.06. The summed E-state index contributed by atoms with van der Waals surface area (Å²) < 4.78 is 7.18. The van der Waals surface area contributed by atoms with E-state index in [9.17, 15) is 4.79 Å². The first-order valence-corrected chi connectivity index (χ1v) is 5.77. The molecule has 17 heavy (non-hydrogen) atoms. The maximum Gasteiger partial charge on any atom is 0.246 e. The van der Waals surface area contributed by atoms with Gasteiger partial charge in [-0.2, -0.15) is 5.10 Å². The van der Waals surface area contributed by atoms with Gasteiger partial charge in [-0.3, -0.25) is 9.48 Å². The average molecular weight is 239 g/mol. The van der Waals surface area contributed by atoms with E-state index in [1.165, 1.54) is 0 Å². The Bertz CT molecular complexity index is 341. The summed E-state index contributed by atoms with van der Waals surface area (Å²) in [5, 5.41) is 6.95. The molecule has 0 radical (unpaired) electrons. The van der Waals surface area contributed by atoms with Crippen LogP contribution in [0.2, 0.25) is 0 Å². The highest BCUT2D eigenvalue weighted by Crippen LogP contribution is 2.05. The molecule has 5 heteroatoms. The molecule has 1 atom stereocenters. The number of rotatable bonds is 5. The summed E-state index contributed by atoms with van der Waals surface area (Å²) in [7, 11) is 0. The van der Waals surface area contributed by atoms with Crippen molar-refractivity contribution in [2.75, 3.05) is 6.61 Å². The first kappa shape index (κ1) is 13.7. The van der Waals surface area contributed by atoms with Crippen LogP contribution in [0.1, 0.15) is 27.7 Å². The van der Waals surface area contributed by atoms with Crippen molar-refractivity contribution in [3.05, 3.63) is 18.5 Å². The molecule has 1 N–H and O–H groups in total. The predicted molar refractivity (Wildman–Crippen MR) is 65.5 cm³/mol. The molecular weight excluding hydrogens is 218 g/mol. The van der Waals surface area contributed by atoms with Crippen LogP contribution < -0.4 is 5.32 Å². The summed E-state index contributed by atoms with van der Waals surface area (Å²) in [6.45, 7) is 8.46.